The van der Waals surface area contributed by atoms with Crippen LogP contribution in [-0.2, 0) is 0 Å². The summed E-state index contributed by atoms with van der Waals surface area (Å²) in [5, 5.41) is 24.1. The normalized spacial score (nSPS) is 11.3. The van der Waals surface area contributed by atoms with Crippen LogP contribution in [-0.4, -0.2) is 19.1 Å². The molecule has 0 spiro atoms. The Hall–Kier alpha value is -6.24. The lowest BCUT2D eigenvalue weighted by Crippen LogP contribution is -2.00. The second-order valence-corrected chi connectivity index (χ2v) is 10.2. The Balaban J connectivity index is 1.39. The first-order chi connectivity index (χ1) is 20.7. The van der Waals surface area contributed by atoms with Crippen molar-refractivity contribution in [2.24, 2.45) is 0 Å². The first-order valence-corrected chi connectivity index (χ1v) is 13.5. The Morgan fingerprint density at radius 3 is 1.69 bits per heavy atom. The topological polar surface area (TPSA) is 83.2 Å². The van der Waals surface area contributed by atoms with Gasteiger partial charge in [0.1, 0.15) is 12.1 Å². The molecule has 6 heteroatoms. The molecule has 0 bridgehead atoms. The van der Waals surface area contributed by atoms with Crippen molar-refractivity contribution >= 4 is 43.6 Å². The smallest absolute Gasteiger partial charge is 0.159 e. The minimum Gasteiger partial charge on any atom is -0.309 e. The molecule has 0 aliphatic rings. The highest BCUT2D eigenvalue weighted by molar-refractivity contribution is 6.12. The predicted molar refractivity (Wildman–Crippen MR) is 166 cm³/mol. The molecule has 0 atom stereocenters. The maximum atomic E-state index is 10.3. The molecule has 0 unspecified atom stereocenters. The zero-order valence-electron chi connectivity index (χ0n) is 22.2. The van der Waals surface area contributed by atoms with E-state index in [4.69, 9.17) is 5.26 Å². The van der Waals surface area contributed by atoms with Gasteiger partial charge in [0.05, 0.1) is 38.9 Å². The van der Waals surface area contributed by atoms with Gasteiger partial charge in [0, 0.05) is 45.2 Å². The molecule has 0 aliphatic heterocycles. The summed E-state index contributed by atoms with van der Waals surface area (Å²) in [5.74, 6) is 0.466. The van der Waals surface area contributed by atoms with Crippen molar-refractivity contribution < 1.29 is 0 Å². The Morgan fingerprint density at radius 2 is 1.10 bits per heavy atom. The van der Waals surface area contributed by atoms with Gasteiger partial charge in [0.25, 0.3) is 0 Å². The van der Waals surface area contributed by atoms with E-state index in [0.717, 1.165) is 44.2 Å². The number of nitriles is 2. The fourth-order valence-electron chi connectivity index (χ4n) is 6.05. The number of benzene rings is 5. The van der Waals surface area contributed by atoms with Crippen molar-refractivity contribution in [3.63, 3.8) is 0 Å². The highest BCUT2D eigenvalue weighted by Crippen LogP contribution is 2.37. The van der Waals surface area contributed by atoms with Crippen molar-refractivity contribution in [2.75, 3.05) is 0 Å². The highest BCUT2D eigenvalue weighted by atomic mass is 15.0. The van der Waals surface area contributed by atoms with Crippen LogP contribution in [0.2, 0.25) is 0 Å². The minimum absolute atomic E-state index is 0.389. The van der Waals surface area contributed by atoms with Crippen LogP contribution in [0.1, 0.15) is 11.1 Å². The molecule has 194 valence electrons. The quantitative estimate of drug-likeness (QED) is 0.228. The van der Waals surface area contributed by atoms with E-state index in [2.05, 4.69) is 104 Å². The van der Waals surface area contributed by atoms with Gasteiger partial charge in [-0.15, -0.1) is 0 Å². The van der Waals surface area contributed by atoms with E-state index in [0.29, 0.717) is 22.5 Å². The Kier molecular flexibility index (Phi) is 5.15. The number of hydrogen-bond donors (Lipinski definition) is 0. The van der Waals surface area contributed by atoms with Crippen LogP contribution >= 0.6 is 0 Å². The maximum Gasteiger partial charge on any atom is 0.159 e. The van der Waals surface area contributed by atoms with Gasteiger partial charge in [-0.1, -0.05) is 60.7 Å². The lowest BCUT2D eigenvalue weighted by atomic mass is 10.1. The number of aromatic nitrogens is 4. The van der Waals surface area contributed by atoms with Crippen molar-refractivity contribution in [2.45, 2.75) is 0 Å². The third-order valence-corrected chi connectivity index (χ3v) is 7.89. The largest absolute Gasteiger partial charge is 0.309 e. The molecule has 0 aliphatic carbocycles. The maximum absolute atomic E-state index is 10.3. The van der Waals surface area contributed by atoms with Crippen LogP contribution in [0, 0.1) is 22.7 Å². The molecule has 0 amide bonds. The van der Waals surface area contributed by atoms with E-state index >= 15 is 0 Å². The zero-order valence-corrected chi connectivity index (χ0v) is 22.2. The minimum atomic E-state index is 0.389. The van der Waals surface area contributed by atoms with Gasteiger partial charge in [-0.25, -0.2) is 9.97 Å². The van der Waals surface area contributed by atoms with Gasteiger partial charge < -0.3 is 9.13 Å². The van der Waals surface area contributed by atoms with Crippen LogP contribution in [0.4, 0.5) is 0 Å². The first-order valence-electron chi connectivity index (χ1n) is 13.5. The second kappa shape index (κ2) is 9.16. The van der Waals surface area contributed by atoms with Gasteiger partial charge in [-0.3, -0.25) is 0 Å². The molecule has 0 saturated heterocycles. The molecule has 6 nitrogen and oxygen atoms in total. The average Bonchev–Trinajstić information content (AvgIpc) is 3.57. The molecule has 3 heterocycles. The van der Waals surface area contributed by atoms with Crippen molar-refractivity contribution in [1.82, 2.24) is 19.1 Å². The molecule has 8 rings (SSSR count). The van der Waals surface area contributed by atoms with Crippen molar-refractivity contribution in [3.8, 4) is 34.9 Å². The molecule has 3 aromatic heterocycles. The van der Waals surface area contributed by atoms with Gasteiger partial charge in [-0.2, -0.15) is 10.5 Å². The van der Waals surface area contributed by atoms with Gasteiger partial charge in [0.2, 0.25) is 0 Å². The fraction of sp³-hybridized carbons (Fsp3) is 0. The van der Waals surface area contributed by atoms with Gasteiger partial charge >= 0.3 is 0 Å². The lowest BCUT2D eigenvalue weighted by molar-refractivity contribution is 1.14. The summed E-state index contributed by atoms with van der Waals surface area (Å²) in [6.45, 7) is 0. The Labute approximate surface area is 240 Å². The highest BCUT2D eigenvalue weighted by Gasteiger charge is 2.18. The number of hydrogen-bond acceptors (Lipinski definition) is 4. The van der Waals surface area contributed by atoms with E-state index in [-0.39, 0.29) is 0 Å². The number of fused-ring (bicyclic) bond motifs is 6. The second-order valence-electron chi connectivity index (χ2n) is 10.2. The molecular formula is C36H20N6. The van der Waals surface area contributed by atoms with Gasteiger partial charge in [-0.05, 0) is 48.5 Å². The molecule has 8 aromatic rings. The summed E-state index contributed by atoms with van der Waals surface area (Å²) in [4.78, 5) is 8.65. The average molecular weight is 537 g/mol. The van der Waals surface area contributed by atoms with E-state index in [1.807, 2.05) is 36.4 Å². The van der Waals surface area contributed by atoms with E-state index in [1.165, 1.54) is 23.2 Å². The summed E-state index contributed by atoms with van der Waals surface area (Å²) >= 11 is 0. The number of para-hydroxylation sites is 3. The van der Waals surface area contributed by atoms with Crippen LogP contribution in [0.5, 0.6) is 0 Å². The molecule has 0 fully saturated rings. The zero-order chi connectivity index (χ0) is 28.2. The molecule has 42 heavy (non-hydrogen) atoms. The monoisotopic (exact) mass is 536 g/mol. The molecule has 5 aromatic carbocycles. The van der Waals surface area contributed by atoms with E-state index < -0.39 is 0 Å². The van der Waals surface area contributed by atoms with Crippen molar-refractivity contribution in [1.29, 1.82) is 10.5 Å². The number of nitrogens with zero attached hydrogens (tertiary/aromatic N) is 6. The standard InChI is InChI=1S/C36H20N6/c37-19-23-21-39-36(40-22-23)24-13-16-31(25(17-24)20-38)42-34-12-6-3-9-29(34)30-15-14-26(18-35(30)42)41-32-10-4-1-7-27(32)28-8-2-5-11-33(28)41/h1-18,21-22H. The van der Waals surface area contributed by atoms with Crippen LogP contribution in [0.15, 0.2) is 122 Å². The summed E-state index contributed by atoms with van der Waals surface area (Å²) in [7, 11) is 0. The predicted octanol–water partition coefficient (Wildman–Crippen LogP) is 8.08. The van der Waals surface area contributed by atoms with E-state index in [1.54, 1.807) is 0 Å². The first kappa shape index (κ1) is 23.6. The summed E-state index contributed by atoms with van der Waals surface area (Å²) in [6.07, 6.45) is 2.98. The SMILES string of the molecule is N#Cc1cnc(-c2ccc(-n3c4ccccc4c4ccc(-n5c6ccccc6c6ccccc65)cc43)c(C#N)c2)nc1. The third-order valence-electron chi connectivity index (χ3n) is 7.89. The summed E-state index contributed by atoms with van der Waals surface area (Å²) in [5.41, 5.74) is 7.75. The van der Waals surface area contributed by atoms with Gasteiger partial charge in [0.15, 0.2) is 5.82 Å². The lowest BCUT2D eigenvalue weighted by Gasteiger charge is -2.13. The summed E-state index contributed by atoms with van der Waals surface area (Å²) in [6, 6.07) is 42.0. The van der Waals surface area contributed by atoms with E-state index in [9.17, 15) is 5.26 Å². The van der Waals surface area contributed by atoms with Crippen LogP contribution < -0.4 is 0 Å². The molecule has 0 radical (unpaired) electrons. The third kappa shape index (κ3) is 3.43. The molecule has 0 saturated carbocycles. The Bertz CT molecular complexity index is 2380. The Morgan fingerprint density at radius 1 is 0.524 bits per heavy atom. The fourth-order valence-corrected chi connectivity index (χ4v) is 6.05. The van der Waals surface area contributed by atoms with Crippen LogP contribution in [0.3, 0.4) is 0 Å². The summed E-state index contributed by atoms with van der Waals surface area (Å²) < 4.78 is 4.48. The van der Waals surface area contributed by atoms with Crippen molar-refractivity contribution in [3.05, 3.63) is 133 Å². The molecule has 0 N–H and O–H groups in total. The molecular weight excluding hydrogens is 516 g/mol. The number of rotatable bonds is 3. The van der Waals surface area contributed by atoms with Crippen LogP contribution in [0.25, 0.3) is 66.4 Å².